The van der Waals surface area contributed by atoms with Gasteiger partial charge >= 0.3 is 0 Å². The van der Waals surface area contributed by atoms with Crippen LogP contribution in [0.5, 0.6) is 0 Å². The first-order valence-corrected chi connectivity index (χ1v) is 3.23. The van der Waals surface area contributed by atoms with E-state index in [-0.39, 0.29) is 11.4 Å². The SMILES string of the molecule is COC1(CC(C)=O)CC1. The van der Waals surface area contributed by atoms with Gasteiger partial charge in [-0.25, -0.2) is 0 Å². The van der Waals surface area contributed by atoms with E-state index in [0.717, 1.165) is 12.8 Å². The molecule has 2 nitrogen and oxygen atoms in total. The Morgan fingerprint density at radius 2 is 2.22 bits per heavy atom. The smallest absolute Gasteiger partial charge is 0.132 e. The van der Waals surface area contributed by atoms with Gasteiger partial charge in [0.2, 0.25) is 0 Å². The molecule has 0 aromatic heterocycles. The monoisotopic (exact) mass is 128 g/mol. The summed E-state index contributed by atoms with van der Waals surface area (Å²) in [5, 5.41) is 0. The van der Waals surface area contributed by atoms with E-state index in [4.69, 9.17) is 4.74 Å². The van der Waals surface area contributed by atoms with Crippen molar-refractivity contribution in [2.75, 3.05) is 7.11 Å². The summed E-state index contributed by atoms with van der Waals surface area (Å²) in [7, 11) is 1.68. The van der Waals surface area contributed by atoms with Crippen molar-refractivity contribution in [2.45, 2.75) is 31.8 Å². The minimum Gasteiger partial charge on any atom is -0.378 e. The highest BCUT2D eigenvalue weighted by atomic mass is 16.5. The molecule has 0 N–H and O–H groups in total. The molecule has 1 aliphatic rings. The first-order chi connectivity index (χ1) is 4.18. The van der Waals surface area contributed by atoms with Crippen molar-refractivity contribution in [2.24, 2.45) is 0 Å². The van der Waals surface area contributed by atoms with Gasteiger partial charge in [-0.1, -0.05) is 0 Å². The highest BCUT2D eigenvalue weighted by Crippen LogP contribution is 2.41. The van der Waals surface area contributed by atoms with Crippen LogP contribution < -0.4 is 0 Å². The topological polar surface area (TPSA) is 26.3 Å². The molecule has 1 fully saturated rings. The van der Waals surface area contributed by atoms with E-state index < -0.39 is 0 Å². The summed E-state index contributed by atoms with van der Waals surface area (Å²) in [4.78, 5) is 10.6. The van der Waals surface area contributed by atoms with Crippen LogP contribution in [-0.2, 0) is 9.53 Å². The summed E-state index contributed by atoms with van der Waals surface area (Å²) < 4.78 is 5.14. The Bertz CT molecular complexity index is 125. The molecule has 9 heavy (non-hydrogen) atoms. The predicted molar refractivity (Wildman–Crippen MR) is 34.3 cm³/mol. The maximum atomic E-state index is 10.6. The number of hydrogen-bond donors (Lipinski definition) is 0. The maximum Gasteiger partial charge on any atom is 0.132 e. The highest BCUT2D eigenvalue weighted by molar-refractivity contribution is 5.77. The molecule has 0 aromatic carbocycles. The zero-order chi connectivity index (χ0) is 6.91. The minimum absolute atomic E-state index is 0.0359. The van der Waals surface area contributed by atoms with Gasteiger partial charge < -0.3 is 4.74 Å². The van der Waals surface area contributed by atoms with Gasteiger partial charge in [-0.2, -0.15) is 0 Å². The van der Waals surface area contributed by atoms with E-state index in [2.05, 4.69) is 0 Å². The zero-order valence-electron chi connectivity index (χ0n) is 5.94. The van der Waals surface area contributed by atoms with Crippen molar-refractivity contribution in [1.82, 2.24) is 0 Å². The molecule has 0 radical (unpaired) electrons. The Balaban J connectivity index is 2.33. The quantitative estimate of drug-likeness (QED) is 0.569. The fourth-order valence-corrected chi connectivity index (χ4v) is 1.05. The molecule has 0 aromatic rings. The Kier molecular flexibility index (Phi) is 1.58. The second-order valence-corrected chi connectivity index (χ2v) is 2.77. The van der Waals surface area contributed by atoms with E-state index in [9.17, 15) is 4.79 Å². The third-order valence-electron chi connectivity index (χ3n) is 1.81. The lowest BCUT2D eigenvalue weighted by Crippen LogP contribution is -2.14. The van der Waals surface area contributed by atoms with Crippen molar-refractivity contribution >= 4 is 5.78 Å². The van der Waals surface area contributed by atoms with Crippen LogP contribution in [0.2, 0.25) is 0 Å². The molecule has 0 heterocycles. The van der Waals surface area contributed by atoms with E-state index >= 15 is 0 Å². The summed E-state index contributed by atoms with van der Waals surface area (Å²) in [5.74, 6) is 0.231. The molecule has 1 saturated carbocycles. The fraction of sp³-hybridized carbons (Fsp3) is 0.857. The van der Waals surface area contributed by atoms with Gasteiger partial charge in [0.25, 0.3) is 0 Å². The Morgan fingerprint density at radius 3 is 2.33 bits per heavy atom. The zero-order valence-corrected chi connectivity index (χ0v) is 5.94. The lowest BCUT2D eigenvalue weighted by molar-refractivity contribution is -0.119. The van der Waals surface area contributed by atoms with E-state index in [1.165, 1.54) is 0 Å². The molecule has 0 bridgehead atoms. The van der Waals surface area contributed by atoms with E-state index in [0.29, 0.717) is 6.42 Å². The Morgan fingerprint density at radius 1 is 1.67 bits per heavy atom. The normalized spacial score (nSPS) is 21.6. The van der Waals surface area contributed by atoms with Gasteiger partial charge in [-0.3, -0.25) is 4.79 Å². The third-order valence-corrected chi connectivity index (χ3v) is 1.81. The largest absolute Gasteiger partial charge is 0.378 e. The molecule has 0 amide bonds. The first-order valence-electron chi connectivity index (χ1n) is 3.23. The van der Waals surface area contributed by atoms with Crippen LogP contribution >= 0.6 is 0 Å². The number of carbonyl (C=O) groups excluding carboxylic acids is 1. The van der Waals surface area contributed by atoms with Crippen LogP contribution in [-0.4, -0.2) is 18.5 Å². The van der Waals surface area contributed by atoms with E-state index in [1.54, 1.807) is 14.0 Å². The molecule has 1 aliphatic carbocycles. The average molecular weight is 128 g/mol. The summed E-state index contributed by atoms with van der Waals surface area (Å²) in [6.07, 6.45) is 2.72. The van der Waals surface area contributed by atoms with Gasteiger partial charge in [0, 0.05) is 13.5 Å². The second-order valence-electron chi connectivity index (χ2n) is 2.77. The predicted octanol–water partition coefficient (Wildman–Crippen LogP) is 1.14. The first kappa shape index (κ1) is 6.75. The minimum atomic E-state index is -0.0359. The van der Waals surface area contributed by atoms with Crippen molar-refractivity contribution in [3.63, 3.8) is 0 Å². The summed E-state index contributed by atoms with van der Waals surface area (Å²) >= 11 is 0. The molecule has 0 unspecified atom stereocenters. The number of hydrogen-bond acceptors (Lipinski definition) is 2. The van der Waals surface area contributed by atoms with Crippen LogP contribution in [0.15, 0.2) is 0 Å². The van der Waals surface area contributed by atoms with Crippen LogP contribution in [0, 0.1) is 0 Å². The fourth-order valence-electron chi connectivity index (χ4n) is 1.05. The number of ether oxygens (including phenoxy) is 1. The van der Waals surface area contributed by atoms with Crippen molar-refractivity contribution < 1.29 is 9.53 Å². The van der Waals surface area contributed by atoms with Crippen molar-refractivity contribution in [1.29, 1.82) is 0 Å². The van der Waals surface area contributed by atoms with Gasteiger partial charge in [-0.15, -0.1) is 0 Å². The molecular weight excluding hydrogens is 116 g/mol. The Labute approximate surface area is 55.2 Å². The number of ketones is 1. The molecule has 0 saturated heterocycles. The maximum absolute atomic E-state index is 10.6. The molecule has 0 spiro atoms. The molecule has 52 valence electrons. The van der Waals surface area contributed by atoms with E-state index in [1.807, 2.05) is 0 Å². The van der Waals surface area contributed by atoms with Crippen LogP contribution in [0.1, 0.15) is 26.2 Å². The number of Topliss-reactive ketones (excluding diaryl/α,β-unsaturated/α-hetero) is 1. The summed E-state index contributed by atoms with van der Waals surface area (Å²) in [6.45, 7) is 1.61. The molecular formula is C7H12O2. The summed E-state index contributed by atoms with van der Waals surface area (Å²) in [6, 6.07) is 0. The number of rotatable bonds is 3. The lowest BCUT2D eigenvalue weighted by atomic mass is 10.2. The van der Waals surface area contributed by atoms with Gasteiger partial charge in [0.15, 0.2) is 0 Å². The number of methoxy groups -OCH3 is 1. The van der Waals surface area contributed by atoms with Gasteiger partial charge in [-0.05, 0) is 19.8 Å². The average Bonchev–Trinajstić information content (AvgIpc) is 2.48. The molecule has 0 aliphatic heterocycles. The highest BCUT2D eigenvalue weighted by Gasteiger charge is 2.43. The second kappa shape index (κ2) is 2.10. The number of carbonyl (C=O) groups is 1. The van der Waals surface area contributed by atoms with Crippen LogP contribution in [0.25, 0.3) is 0 Å². The van der Waals surface area contributed by atoms with Gasteiger partial charge in [0.05, 0.1) is 5.60 Å². The standard InChI is InChI=1S/C7H12O2/c1-6(8)5-7(9-2)3-4-7/h3-5H2,1-2H3. The third kappa shape index (κ3) is 1.52. The van der Waals surface area contributed by atoms with Crippen molar-refractivity contribution in [3.05, 3.63) is 0 Å². The molecule has 0 atom stereocenters. The molecule has 1 rings (SSSR count). The Hall–Kier alpha value is -0.370. The van der Waals surface area contributed by atoms with Crippen molar-refractivity contribution in [3.8, 4) is 0 Å². The lowest BCUT2D eigenvalue weighted by Gasteiger charge is -2.08. The van der Waals surface area contributed by atoms with Gasteiger partial charge in [0.1, 0.15) is 5.78 Å². The van der Waals surface area contributed by atoms with Crippen LogP contribution in [0.3, 0.4) is 0 Å². The molecule has 2 heteroatoms. The summed E-state index contributed by atoms with van der Waals surface area (Å²) in [5.41, 5.74) is -0.0359. The van der Waals surface area contributed by atoms with Crippen LogP contribution in [0.4, 0.5) is 0 Å².